The van der Waals surface area contributed by atoms with Gasteiger partial charge in [0.1, 0.15) is 0 Å². The van der Waals surface area contributed by atoms with Gasteiger partial charge in [0.15, 0.2) is 0 Å². The molecule has 0 spiro atoms. The summed E-state index contributed by atoms with van der Waals surface area (Å²) >= 11 is 0. The maximum absolute atomic E-state index is 4.51. The average molecular weight is 183 g/mol. The predicted molar refractivity (Wildman–Crippen MR) is 53.1 cm³/mol. The Morgan fingerprint density at radius 1 is 1.14 bits per heavy atom. The summed E-state index contributed by atoms with van der Waals surface area (Å²) in [5.41, 5.74) is 2.21. The molecule has 0 aromatic heterocycles. The second-order valence-corrected chi connectivity index (χ2v) is 3.37. The van der Waals surface area contributed by atoms with Crippen LogP contribution in [-0.2, 0) is 0 Å². The highest BCUT2D eigenvalue weighted by molar-refractivity contribution is 5.64. The Labute approximate surface area is 81.2 Å². The summed E-state index contributed by atoms with van der Waals surface area (Å²) in [5.74, 6) is 0. The Hall–Kier alpha value is -1.77. The summed E-state index contributed by atoms with van der Waals surface area (Å²) < 4.78 is 0. The average Bonchev–Trinajstić information content (AvgIpc) is 2.61. The molecule has 1 aromatic rings. The monoisotopic (exact) mass is 183 g/mol. The summed E-state index contributed by atoms with van der Waals surface area (Å²) in [6.07, 6.45) is 2.78. The summed E-state index contributed by atoms with van der Waals surface area (Å²) in [6.45, 7) is 0.831. The second kappa shape index (κ2) is 2.87. The van der Waals surface area contributed by atoms with Gasteiger partial charge in [0.05, 0.1) is 17.3 Å². The van der Waals surface area contributed by atoms with Crippen LogP contribution in [0.5, 0.6) is 0 Å². The first kappa shape index (κ1) is 7.62. The molecule has 14 heavy (non-hydrogen) atoms. The zero-order valence-corrected chi connectivity index (χ0v) is 7.64. The Balaban J connectivity index is 2.49. The predicted octanol–water partition coefficient (Wildman–Crippen LogP) is 1.17. The molecule has 0 radical (unpaired) electrons. The second-order valence-electron chi connectivity index (χ2n) is 3.37. The quantitative estimate of drug-likeness (QED) is 0.579. The SMILES string of the molecule is C1=C2CCN=c3ccccc3=C2N=N1. The van der Waals surface area contributed by atoms with E-state index in [0.29, 0.717) is 0 Å². The van der Waals surface area contributed by atoms with E-state index in [1.807, 2.05) is 24.4 Å². The number of hydrogen-bond donors (Lipinski definition) is 0. The highest BCUT2D eigenvalue weighted by Gasteiger charge is 2.12. The maximum atomic E-state index is 4.51. The largest absolute Gasteiger partial charge is 0.284 e. The number of rotatable bonds is 0. The zero-order chi connectivity index (χ0) is 9.38. The van der Waals surface area contributed by atoms with Gasteiger partial charge in [0, 0.05) is 17.3 Å². The molecule has 3 rings (SSSR count). The third-order valence-electron chi connectivity index (χ3n) is 2.50. The smallest absolute Gasteiger partial charge is 0.0999 e. The van der Waals surface area contributed by atoms with Crippen LogP contribution in [0.25, 0.3) is 5.70 Å². The lowest BCUT2D eigenvalue weighted by Crippen LogP contribution is -2.25. The molecule has 2 heterocycles. The first-order valence-electron chi connectivity index (χ1n) is 4.69. The van der Waals surface area contributed by atoms with Crippen LogP contribution in [0.2, 0.25) is 0 Å². The number of para-hydroxylation sites is 1. The van der Waals surface area contributed by atoms with Crippen LogP contribution in [0.15, 0.2) is 51.3 Å². The van der Waals surface area contributed by atoms with Gasteiger partial charge in [-0.25, -0.2) is 0 Å². The van der Waals surface area contributed by atoms with Crippen molar-refractivity contribution in [2.45, 2.75) is 6.42 Å². The topological polar surface area (TPSA) is 37.1 Å². The molecule has 0 amide bonds. The molecule has 3 nitrogen and oxygen atoms in total. The Morgan fingerprint density at radius 3 is 3.07 bits per heavy atom. The van der Waals surface area contributed by atoms with Crippen LogP contribution in [0, 0.1) is 0 Å². The maximum Gasteiger partial charge on any atom is 0.0999 e. The normalized spacial score (nSPS) is 18.0. The molecule has 0 saturated carbocycles. The minimum Gasteiger partial charge on any atom is -0.284 e. The summed E-state index contributed by atoms with van der Waals surface area (Å²) in [5, 5.41) is 10.2. The molecule has 0 N–H and O–H groups in total. The summed E-state index contributed by atoms with van der Waals surface area (Å²) in [6, 6.07) is 8.10. The molecule has 0 unspecified atom stereocenters. The van der Waals surface area contributed by atoms with Crippen molar-refractivity contribution in [3.05, 3.63) is 46.6 Å². The zero-order valence-electron chi connectivity index (χ0n) is 7.64. The molecular weight excluding hydrogens is 174 g/mol. The summed E-state index contributed by atoms with van der Waals surface area (Å²) in [7, 11) is 0. The number of azo groups is 1. The van der Waals surface area contributed by atoms with Crippen LogP contribution >= 0.6 is 0 Å². The van der Waals surface area contributed by atoms with E-state index in [-0.39, 0.29) is 0 Å². The molecule has 0 atom stereocenters. The molecule has 0 fully saturated rings. The Bertz CT molecular complexity index is 552. The first-order chi connectivity index (χ1) is 6.95. The van der Waals surface area contributed by atoms with Gasteiger partial charge in [0.2, 0.25) is 0 Å². The van der Waals surface area contributed by atoms with Crippen LogP contribution in [-0.4, -0.2) is 6.54 Å². The fraction of sp³-hybridized carbons (Fsp3) is 0.182. The van der Waals surface area contributed by atoms with Crippen molar-refractivity contribution in [3.8, 4) is 0 Å². The molecule has 0 aliphatic carbocycles. The molecule has 0 bridgehead atoms. The van der Waals surface area contributed by atoms with Gasteiger partial charge in [0.25, 0.3) is 0 Å². The van der Waals surface area contributed by atoms with Gasteiger partial charge >= 0.3 is 0 Å². The third kappa shape index (κ3) is 1.02. The van der Waals surface area contributed by atoms with Crippen molar-refractivity contribution in [1.29, 1.82) is 0 Å². The van der Waals surface area contributed by atoms with Crippen molar-refractivity contribution in [1.82, 2.24) is 0 Å². The lowest BCUT2D eigenvalue weighted by atomic mass is 10.1. The van der Waals surface area contributed by atoms with Gasteiger partial charge in [-0.2, -0.15) is 10.2 Å². The van der Waals surface area contributed by atoms with Gasteiger partial charge < -0.3 is 0 Å². The van der Waals surface area contributed by atoms with E-state index in [4.69, 9.17) is 0 Å². The molecule has 0 saturated heterocycles. The van der Waals surface area contributed by atoms with E-state index in [0.717, 1.165) is 29.2 Å². The van der Waals surface area contributed by atoms with Gasteiger partial charge in [-0.1, -0.05) is 18.2 Å². The van der Waals surface area contributed by atoms with Crippen LogP contribution < -0.4 is 10.6 Å². The van der Waals surface area contributed by atoms with Crippen molar-refractivity contribution < 1.29 is 0 Å². The summed E-state index contributed by atoms with van der Waals surface area (Å²) in [4.78, 5) is 4.51. The number of fused-ring (bicyclic) bond motifs is 2. The van der Waals surface area contributed by atoms with Gasteiger partial charge in [-0.3, -0.25) is 4.99 Å². The third-order valence-corrected chi connectivity index (χ3v) is 2.50. The van der Waals surface area contributed by atoms with Crippen LogP contribution in [0.1, 0.15) is 6.42 Å². The molecule has 2 aliphatic rings. The number of nitrogens with zero attached hydrogens (tertiary/aromatic N) is 3. The highest BCUT2D eigenvalue weighted by atomic mass is 15.1. The fourth-order valence-corrected chi connectivity index (χ4v) is 1.80. The van der Waals surface area contributed by atoms with E-state index in [2.05, 4.69) is 21.3 Å². The van der Waals surface area contributed by atoms with E-state index >= 15 is 0 Å². The number of benzene rings is 1. The van der Waals surface area contributed by atoms with E-state index in [1.54, 1.807) is 0 Å². The number of hydrogen-bond acceptors (Lipinski definition) is 3. The van der Waals surface area contributed by atoms with E-state index < -0.39 is 0 Å². The van der Waals surface area contributed by atoms with Crippen molar-refractivity contribution in [3.63, 3.8) is 0 Å². The lowest BCUT2D eigenvalue weighted by Gasteiger charge is -1.95. The Kier molecular flexibility index (Phi) is 1.56. The van der Waals surface area contributed by atoms with E-state index in [1.165, 1.54) is 5.57 Å². The lowest BCUT2D eigenvalue weighted by molar-refractivity contribution is 0.952. The minimum absolute atomic E-state index is 0.831. The molecular formula is C11H9N3. The minimum atomic E-state index is 0.831. The van der Waals surface area contributed by atoms with Gasteiger partial charge in [-0.15, -0.1) is 0 Å². The van der Waals surface area contributed by atoms with Crippen LogP contribution in [0.3, 0.4) is 0 Å². The van der Waals surface area contributed by atoms with Crippen LogP contribution in [0.4, 0.5) is 0 Å². The molecule has 2 aliphatic heterocycles. The van der Waals surface area contributed by atoms with Crippen molar-refractivity contribution in [2.75, 3.05) is 6.54 Å². The van der Waals surface area contributed by atoms with Gasteiger partial charge in [-0.05, 0) is 12.5 Å². The molecule has 1 aromatic carbocycles. The first-order valence-corrected chi connectivity index (χ1v) is 4.69. The Morgan fingerprint density at radius 2 is 2.07 bits per heavy atom. The molecule has 68 valence electrons. The highest BCUT2D eigenvalue weighted by Crippen LogP contribution is 2.22. The fourth-order valence-electron chi connectivity index (χ4n) is 1.80. The van der Waals surface area contributed by atoms with Crippen molar-refractivity contribution >= 4 is 5.70 Å². The van der Waals surface area contributed by atoms with E-state index in [9.17, 15) is 0 Å². The van der Waals surface area contributed by atoms with Crippen molar-refractivity contribution in [2.24, 2.45) is 15.2 Å². The molecule has 3 heteroatoms. The standard InChI is InChI=1S/C11H9N3/c1-2-4-10-9(3-1)11-8(5-6-12-10)7-13-14-11/h1-4,7H,5-6H2.